The van der Waals surface area contributed by atoms with Crippen LogP contribution >= 0.6 is 0 Å². The molecule has 0 aromatic rings. The number of sulfonamides is 1. The standard InChI is InChI=1S/C10H20N2O2S/c1-10(5-2-6-10)12-15(13,14)9-3-7-11-8-4-9/h9,11-12H,2-8H2,1H3. The molecule has 0 unspecified atom stereocenters. The van der Waals surface area contributed by atoms with Gasteiger partial charge in [0.1, 0.15) is 0 Å². The Balaban J connectivity index is 1.99. The third-order valence-corrected chi connectivity index (χ3v) is 5.70. The number of rotatable bonds is 3. The summed E-state index contributed by atoms with van der Waals surface area (Å²) in [6, 6.07) is 0. The molecule has 0 amide bonds. The van der Waals surface area contributed by atoms with Crippen molar-refractivity contribution in [2.75, 3.05) is 13.1 Å². The van der Waals surface area contributed by atoms with Crippen molar-refractivity contribution < 1.29 is 8.42 Å². The van der Waals surface area contributed by atoms with Crippen LogP contribution in [0.5, 0.6) is 0 Å². The maximum atomic E-state index is 12.1. The number of hydrogen-bond acceptors (Lipinski definition) is 3. The van der Waals surface area contributed by atoms with E-state index in [1.54, 1.807) is 0 Å². The molecule has 4 nitrogen and oxygen atoms in total. The summed E-state index contributed by atoms with van der Waals surface area (Å²) in [6.45, 7) is 3.65. The molecule has 15 heavy (non-hydrogen) atoms. The van der Waals surface area contributed by atoms with Crippen molar-refractivity contribution in [2.24, 2.45) is 0 Å². The fraction of sp³-hybridized carbons (Fsp3) is 1.00. The minimum atomic E-state index is -3.09. The first-order valence-electron chi connectivity index (χ1n) is 5.75. The Morgan fingerprint density at radius 2 is 1.87 bits per heavy atom. The Morgan fingerprint density at radius 3 is 2.33 bits per heavy atom. The number of piperidine rings is 1. The molecule has 2 aliphatic rings. The van der Waals surface area contributed by atoms with Crippen LogP contribution in [0.15, 0.2) is 0 Å². The van der Waals surface area contributed by atoms with Gasteiger partial charge < -0.3 is 5.32 Å². The van der Waals surface area contributed by atoms with Crippen molar-refractivity contribution in [3.8, 4) is 0 Å². The Kier molecular flexibility index (Phi) is 3.05. The average molecular weight is 232 g/mol. The summed E-state index contributed by atoms with van der Waals surface area (Å²) >= 11 is 0. The summed E-state index contributed by atoms with van der Waals surface area (Å²) in [5.41, 5.74) is -0.149. The normalized spacial score (nSPS) is 27.3. The maximum Gasteiger partial charge on any atom is 0.215 e. The minimum absolute atomic E-state index is 0.149. The second-order valence-electron chi connectivity index (χ2n) is 5.01. The van der Waals surface area contributed by atoms with Crippen molar-refractivity contribution >= 4 is 10.0 Å². The lowest BCUT2D eigenvalue weighted by Crippen LogP contribution is -2.54. The Morgan fingerprint density at radius 1 is 1.27 bits per heavy atom. The van der Waals surface area contributed by atoms with Gasteiger partial charge >= 0.3 is 0 Å². The van der Waals surface area contributed by atoms with Gasteiger partial charge in [-0.25, -0.2) is 13.1 Å². The summed E-state index contributed by atoms with van der Waals surface area (Å²) in [5, 5.41) is 3.00. The molecular weight excluding hydrogens is 212 g/mol. The Hall–Kier alpha value is -0.130. The van der Waals surface area contributed by atoms with E-state index < -0.39 is 10.0 Å². The number of nitrogens with one attached hydrogen (secondary N) is 2. The van der Waals surface area contributed by atoms with Crippen molar-refractivity contribution in [3.05, 3.63) is 0 Å². The van der Waals surface area contributed by atoms with E-state index in [0.717, 1.165) is 45.2 Å². The second kappa shape index (κ2) is 4.03. The fourth-order valence-corrected chi connectivity index (χ4v) is 4.26. The molecule has 0 bridgehead atoms. The zero-order valence-corrected chi connectivity index (χ0v) is 10.1. The first-order valence-corrected chi connectivity index (χ1v) is 7.30. The molecule has 0 aromatic heterocycles. The first-order chi connectivity index (χ1) is 7.02. The molecular formula is C10H20N2O2S. The summed E-state index contributed by atoms with van der Waals surface area (Å²) in [7, 11) is -3.09. The molecule has 1 heterocycles. The summed E-state index contributed by atoms with van der Waals surface area (Å²) in [4.78, 5) is 0. The molecule has 88 valence electrons. The van der Waals surface area contributed by atoms with Gasteiger partial charge in [-0.2, -0.15) is 0 Å². The van der Waals surface area contributed by atoms with Gasteiger partial charge in [0.15, 0.2) is 0 Å². The molecule has 1 saturated carbocycles. The summed E-state index contributed by atoms with van der Waals surface area (Å²) in [6.07, 6.45) is 4.59. The molecule has 1 saturated heterocycles. The van der Waals surface area contributed by atoms with Gasteiger partial charge in [0, 0.05) is 5.54 Å². The van der Waals surface area contributed by atoms with Crippen LogP contribution in [0.4, 0.5) is 0 Å². The monoisotopic (exact) mass is 232 g/mol. The van der Waals surface area contributed by atoms with Crippen molar-refractivity contribution in [2.45, 2.75) is 49.8 Å². The molecule has 0 atom stereocenters. The predicted molar refractivity (Wildman–Crippen MR) is 60.2 cm³/mol. The molecule has 2 fully saturated rings. The quantitative estimate of drug-likeness (QED) is 0.749. The highest BCUT2D eigenvalue weighted by atomic mass is 32.2. The Labute approximate surface area is 91.9 Å². The molecule has 2 rings (SSSR count). The third kappa shape index (κ3) is 2.52. The molecule has 1 aliphatic heterocycles. The van der Waals surface area contributed by atoms with Gasteiger partial charge in [-0.1, -0.05) is 0 Å². The highest BCUT2D eigenvalue weighted by molar-refractivity contribution is 7.90. The zero-order chi connectivity index (χ0) is 10.9. The Bertz CT molecular complexity index is 316. The second-order valence-corrected chi connectivity index (χ2v) is 6.97. The summed E-state index contributed by atoms with van der Waals surface area (Å²) < 4.78 is 27.0. The molecule has 2 N–H and O–H groups in total. The smallest absolute Gasteiger partial charge is 0.215 e. The predicted octanol–water partition coefficient (Wildman–Crippen LogP) is 0.600. The van der Waals surface area contributed by atoms with E-state index in [4.69, 9.17) is 0 Å². The molecule has 1 aliphatic carbocycles. The van der Waals surface area contributed by atoms with Crippen molar-refractivity contribution in [1.29, 1.82) is 0 Å². The van der Waals surface area contributed by atoms with E-state index in [9.17, 15) is 8.42 Å². The lowest BCUT2D eigenvalue weighted by atomic mass is 9.80. The first kappa shape index (κ1) is 11.4. The van der Waals surface area contributed by atoms with E-state index in [-0.39, 0.29) is 10.8 Å². The van der Waals surface area contributed by atoms with Crippen LogP contribution in [-0.2, 0) is 10.0 Å². The largest absolute Gasteiger partial charge is 0.317 e. The van der Waals surface area contributed by atoms with Gasteiger partial charge in [-0.3, -0.25) is 0 Å². The van der Waals surface area contributed by atoms with E-state index in [2.05, 4.69) is 10.0 Å². The van der Waals surface area contributed by atoms with Crippen LogP contribution in [0.3, 0.4) is 0 Å². The van der Waals surface area contributed by atoms with Crippen LogP contribution in [0.2, 0.25) is 0 Å². The van der Waals surface area contributed by atoms with Crippen LogP contribution in [0.1, 0.15) is 39.0 Å². The average Bonchev–Trinajstić information content (AvgIpc) is 2.16. The topological polar surface area (TPSA) is 58.2 Å². The molecule has 0 radical (unpaired) electrons. The summed E-state index contributed by atoms with van der Waals surface area (Å²) in [5.74, 6) is 0. The van der Waals surface area contributed by atoms with Crippen molar-refractivity contribution in [1.82, 2.24) is 10.0 Å². The highest BCUT2D eigenvalue weighted by Crippen LogP contribution is 2.32. The van der Waals surface area contributed by atoms with E-state index in [0.29, 0.717) is 0 Å². The SMILES string of the molecule is CC1(NS(=O)(=O)C2CCNCC2)CCC1. The third-order valence-electron chi connectivity index (χ3n) is 3.57. The fourth-order valence-electron chi connectivity index (χ4n) is 2.34. The van der Waals surface area contributed by atoms with Gasteiger partial charge in [0.2, 0.25) is 10.0 Å². The van der Waals surface area contributed by atoms with E-state index >= 15 is 0 Å². The van der Waals surface area contributed by atoms with E-state index in [1.807, 2.05) is 6.92 Å². The number of hydrogen-bond donors (Lipinski definition) is 2. The van der Waals surface area contributed by atoms with Gasteiger partial charge in [-0.05, 0) is 52.1 Å². The van der Waals surface area contributed by atoms with Crippen LogP contribution in [0.25, 0.3) is 0 Å². The van der Waals surface area contributed by atoms with Crippen LogP contribution < -0.4 is 10.0 Å². The molecule has 0 aromatic carbocycles. The van der Waals surface area contributed by atoms with Gasteiger partial charge in [-0.15, -0.1) is 0 Å². The highest BCUT2D eigenvalue weighted by Gasteiger charge is 2.38. The zero-order valence-electron chi connectivity index (χ0n) is 9.25. The lowest BCUT2D eigenvalue weighted by molar-refractivity contribution is 0.246. The lowest BCUT2D eigenvalue weighted by Gasteiger charge is -2.40. The van der Waals surface area contributed by atoms with Crippen LogP contribution in [0, 0.1) is 0 Å². The maximum absolute atomic E-state index is 12.1. The van der Waals surface area contributed by atoms with Gasteiger partial charge in [0.25, 0.3) is 0 Å². The van der Waals surface area contributed by atoms with Crippen molar-refractivity contribution in [3.63, 3.8) is 0 Å². The van der Waals surface area contributed by atoms with E-state index in [1.165, 1.54) is 0 Å². The van der Waals surface area contributed by atoms with Gasteiger partial charge in [0.05, 0.1) is 5.25 Å². The van der Waals surface area contributed by atoms with Crippen LogP contribution in [-0.4, -0.2) is 32.3 Å². The minimum Gasteiger partial charge on any atom is -0.317 e. The molecule has 5 heteroatoms. The molecule has 0 spiro atoms.